The highest BCUT2D eigenvalue weighted by molar-refractivity contribution is 9.09. The summed E-state index contributed by atoms with van der Waals surface area (Å²) in [5, 5.41) is 2.60. The van der Waals surface area contributed by atoms with Crippen LogP contribution in [0.5, 0.6) is 0 Å². The highest BCUT2D eigenvalue weighted by atomic mass is 79.9. The van der Waals surface area contributed by atoms with E-state index in [1.807, 2.05) is 0 Å². The highest BCUT2D eigenvalue weighted by Crippen LogP contribution is 1.98. The number of nitrogens with one attached hydrogen (secondary N) is 1. The van der Waals surface area contributed by atoms with Crippen molar-refractivity contribution >= 4 is 44.6 Å². The van der Waals surface area contributed by atoms with Gasteiger partial charge in [-0.1, -0.05) is 15.9 Å². The molecule has 5 nitrogen and oxygen atoms in total. The van der Waals surface area contributed by atoms with E-state index in [0.29, 0.717) is 0 Å². The normalized spacial score (nSPS) is 8.93. The number of halogens is 2. The third-order valence-electron chi connectivity index (χ3n) is 1.52. The van der Waals surface area contributed by atoms with Crippen molar-refractivity contribution in [3.63, 3.8) is 0 Å². The molecule has 0 atom stereocenters. The number of carbonyl (C=O) groups is 2. The van der Waals surface area contributed by atoms with Crippen LogP contribution in [0, 0.1) is 0 Å². The maximum absolute atomic E-state index is 11.1. The minimum Gasteiger partial charge on any atom is -0.354 e. The summed E-state index contributed by atoms with van der Waals surface area (Å²) in [5.74, 6) is -0.490. The molecule has 1 amide bonds. The van der Waals surface area contributed by atoms with Crippen LogP contribution in [0.3, 0.4) is 0 Å². The fourth-order valence-corrected chi connectivity index (χ4v) is 1.07. The molecule has 1 N–H and O–H groups in total. The third kappa shape index (κ3) is 3.67. The molecule has 0 radical (unpaired) electrons. The molecule has 0 bridgehead atoms. The Morgan fingerprint density at radius 3 is 2.27 bits per heavy atom. The van der Waals surface area contributed by atoms with E-state index >= 15 is 0 Å². The summed E-state index contributed by atoms with van der Waals surface area (Å²) in [4.78, 5) is 29.8. The van der Waals surface area contributed by atoms with Gasteiger partial charge in [0.2, 0.25) is 0 Å². The van der Waals surface area contributed by atoms with E-state index in [4.69, 9.17) is 0 Å². The number of hydrogen-bond donors (Lipinski definition) is 1. The molecule has 0 fully saturated rings. The van der Waals surface area contributed by atoms with Crippen molar-refractivity contribution in [2.24, 2.45) is 0 Å². The third-order valence-corrected chi connectivity index (χ3v) is 2.03. The van der Waals surface area contributed by atoms with E-state index in [0.717, 1.165) is 0 Å². The van der Waals surface area contributed by atoms with Gasteiger partial charge in [-0.25, -0.2) is 9.97 Å². The van der Waals surface area contributed by atoms with Crippen LogP contribution >= 0.6 is 32.9 Å². The van der Waals surface area contributed by atoms with Crippen molar-refractivity contribution in [3.8, 4) is 0 Å². The molecule has 1 aromatic rings. The zero-order valence-electron chi connectivity index (χ0n) is 7.86. The minimum atomic E-state index is -0.324. The Bertz CT molecular complexity index is 318. The maximum Gasteiger partial charge on any atom is 0.271 e. The van der Waals surface area contributed by atoms with Gasteiger partial charge in [-0.2, -0.15) is 0 Å². The van der Waals surface area contributed by atoms with Gasteiger partial charge in [0.25, 0.3) is 5.91 Å². The quantitative estimate of drug-likeness (QED) is 0.659. The first-order valence-corrected chi connectivity index (χ1v) is 4.94. The fraction of sp³-hybridized carbons (Fsp3) is 0.250. The van der Waals surface area contributed by atoms with Crippen LogP contribution < -0.4 is 5.32 Å². The van der Waals surface area contributed by atoms with Gasteiger partial charge in [0.05, 0.1) is 17.7 Å². The van der Waals surface area contributed by atoms with Crippen molar-refractivity contribution in [3.05, 3.63) is 23.8 Å². The SMILES string of the molecule is Br.CNC(=O)c1cnc(C(=O)CBr)cn1. The molecule has 0 unspecified atom stereocenters. The molecule has 0 saturated heterocycles. The van der Waals surface area contributed by atoms with Gasteiger partial charge in [0.15, 0.2) is 5.78 Å². The van der Waals surface area contributed by atoms with E-state index in [9.17, 15) is 9.59 Å². The summed E-state index contributed by atoms with van der Waals surface area (Å²) in [6, 6.07) is 0. The van der Waals surface area contributed by atoms with Crippen LogP contribution in [0.1, 0.15) is 21.0 Å². The smallest absolute Gasteiger partial charge is 0.271 e. The van der Waals surface area contributed by atoms with E-state index in [1.54, 1.807) is 0 Å². The number of amides is 1. The number of nitrogens with zero attached hydrogens (tertiary/aromatic N) is 2. The number of rotatable bonds is 3. The number of alkyl halides is 1. The van der Waals surface area contributed by atoms with Crippen molar-refractivity contribution < 1.29 is 9.59 Å². The van der Waals surface area contributed by atoms with E-state index < -0.39 is 0 Å². The highest BCUT2D eigenvalue weighted by Gasteiger charge is 2.09. The summed E-state index contributed by atoms with van der Waals surface area (Å²) in [6.07, 6.45) is 2.56. The summed E-state index contributed by atoms with van der Waals surface area (Å²) in [7, 11) is 1.50. The zero-order chi connectivity index (χ0) is 10.6. The van der Waals surface area contributed by atoms with Gasteiger partial charge in [0.1, 0.15) is 11.4 Å². The van der Waals surface area contributed by atoms with Gasteiger partial charge in [0, 0.05) is 7.05 Å². The van der Waals surface area contributed by atoms with Gasteiger partial charge in [-0.3, -0.25) is 9.59 Å². The Hall–Kier alpha value is -0.820. The summed E-state index contributed by atoms with van der Waals surface area (Å²) >= 11 is 3.02. The fourth-order valence-electron chi connectivity index (χ4n) is 0.786. The Morgan fingerprint density at radius 2 is 1.87 bits per heavy atom. The van der Waals surface area contributed by atoms with E-state index in [-0.39, 0.29) is 45.4 Å². The molecule has 0 aromatic carbocycles. The summed E-state index contributed by atoms with van der Waals surface area (Å²) in [6.45, 7) is 0. The molecular formula is C8H9Br2N3O2. The molecule has 1 rings (SSSR count). The van der Waals surface area contributed by atoms with Crippen LogP contribution in [0.4, 0.5) is 0 Å². The Morgan fingerprint density at radius 1 is 1.33 bits per heavy atom. The molecule has 0 aliphatic heterocycles. The van der Waals surface area contributed by atoms with Crippen LogP contribution in [-0.4, -0.2) is 34.0 Å². The van der Waals surface area contributed by atoms with Crippen LogP contribution in [0.15, 0.2) is 12.4 Å². The molecule has 15 heavy (non-hydrogen) atoms. The average Bonchev–Trinajstić information content (AvgIpc) is 2.27. The number of Topliss-reactive ketones (excluding diaryl/α,β-unsaturated/α-hetero) is 1. The summed E-state index contributed by atoms with van der Waals surface area (Å²) < 4.78 is 0. The Balaban J connectivity index is 0.00000196. The lowest BCUT2D eigenvalue weighted by atomic mass is 10.3. The van der Waals surface area contributed by atoms with Crippen molar-refractivity contribution in [2.45, 2.75) is 0 Å². The van der Waals surface area contributed by atoms with Crippen LogP contribution in [0.2, 0.25) is 0 Å². The van der Waals surface area contributed by atoms with E-state index in [1.165, 1.54) is 19.4 Å². The Labute approximate surface area is 106 Å². The number of hydrogen-bond acceptors (Lipinski definition) is 4. The second-order valence-corrected chi connectivity index (χ2v) is 2.98. The molecule has 0 aliphatic rings. The number of aromatic nitrogens is 2. The Kier molecular flexibility index (Phi) is 6.26. The predicted molar refractivity (Wildman–Crippen MR) is 63.9 cm³/mol. The molecule has 7 heteroatoms. The van der Waals surface area contributed by atoms with Crippen LogP contribution in [0.25, 0.3) is 0 Å². The molecular weight excluding hydrogens is 330 g/mol. The van der Waals surface area contributed by atoms with E-state index in [2.05, 4.69) is 31.2 Å². The van der Waals surface area contributed by atoms with Crippen molar-refractivity contribution in [1.82, 2.24) is 15.3 Å². The average molecular weight is 339 g/mol. The molecule has 0 saturated carbocycles. The predicted octanol–water partition coefficient (Wildman–Crippen LogP) is 0.992. The van der Waals surface area contributed by atoms with Gasteiger partial charge < -0.3 is 5.32 Å². The minimum absolute atomic E-state index is 0. The maximum atomic E-state index is 11.1. The summed E-state index contributed by atoms with van der Waals surface area (Å²) in [5.41, 5.74) is 0.438. The second kappa shape index (κ2) is 6.62. The number of carbonyl (C=O) groups excluding carboxylic acids is 2. The molecule has 0 spiro atoms. The van der Waals surface area contributed by atoms with Gasteiger partial charge >= 0.3 is 0 Å². The molecule has 82 valence electrons. The molecule has 1 aromatic heterocycles. The largest absolute Gasteiger partial charge is 0.354 e. The standard InChI is InChI=1S/C8H8BrN3O2.BrH/c1-10-8(14)6-4-11-5(3-12-6)7(13)2-9;/h3-4H,2H2,1H3,(H,10,14);1H. The van der Waals surface area contributed by atoms with Gasteiger partial charge in [-0.15, -0.1) is 17.0 Å². The topological polar surface area (TPSA) is 72.0 Å². The first kappa shape index (κ1) is 14.2. The lowest BCUT2D eigenvalue weighted by Gasteiger charge is -1.99. The first-order chi connectivity index (χ1) is 6.69. The monoisotopic (exact) mass is 337 g/mol. The van der Waals surface area contributed by atoms with Gasteiger partial charge in [-0.05, 0) is 0 Å². The lowest BCUT2D eigenvalue weighted by molar-refractivity contribution is 0.0954. The zero-order valence-corrected chi connectivity index (χ0v) is 11.2. The van der Waals surface area contributed by atoms with Crippen molar-refractivity contribution in [1.29, 1.82) is 0 Å². The first-order valence-electron chi connectivity index (χ1n) is 3.82. The lowest BCUT2D eigenvalue weighted by Crippen LogP contribution is -2.20. The number of ketones is 1. The molecule has 0 aliphatic carbocycles. The van der Waals surface area contributed by atoms with Crippen molar-refractivity contribution in [2.75, 3.05) is 12.4 Å². The molecule has 1 heterocycles. The second-order valence-electron chi connectivity index (χ2n) is 2.42. The van der Waals surface area contributed by atoms with Crippen LogP contribution in [-0.2, 0) is 0 Å².